The van der Waals surface area contributed by atoms with E-state index in [1.807, 2.05) is 0 Å². The number of hydrogen-bond donors (Lipinski definition) is 0. The Morgan fingerprint density at radius 1 is 1.06 bits per heavy atom. The highest BCUT2D eigenvalue weighted by Crippen LogP contribution is 2.59. The van der Waals surface area contributed by atoms with Gasteiger partial charge in [0.15, 0.2) is 0 Å². The van der Waals surface area contributed by atoms with Gasteiger partial charge in [0, 0.05) is 0 Å². The number of rotatable bonds is 1. The fraction of sp³-hybridized carbons (Fsp3) is 0.923. The zero-order chi connectivity index (χ0) is 13.1. The van der Waals surface area contributed by atoms with Crippen molar-refractivity contribution < 1.29 is 22.7 Å². The van der Waals surface area contributed by atoms with Crippen LogP contribution in [-0.4, -0.2) is 17.7 Å². The van der Waals surface area contributed by atoms with Crippen LogP contribution in [0.5, 0.6) is 0 Å². The van der Waals surface area contributed by atoms with Gasteiger partial charge in [0.05, 0.1) is 0 Å². The van der Waals surface area contributed by atoms with E-state index in [1.54, 1.807) is 6.92 Å². The number of hydrogen-bond acceptors (Lipinski definition) is 2. The van der Waals surface area contributed by atoms with E-state index in [1.165, 1.54) is 6.42 Å². The molecular formula is C13H17F3O2. The van der Waals surface area contributed by atoms with Crippen LogP contribution in [0.25, 0.3) is 0 Å². The summed E-state index contributed by atoms with van der Waals surface area (Å²) in [5.41, 5.74) is -0.889. The highest BCUT2D eigenvalue weighted by molar-refractivity contribution is 5.76. The molecule has 4 saturated carbocycles. The maximum atomic E-state index is 12.4. The van der Waals surface area contributed by atoms with Crippen LogP contribution < -0.4 is 0 Å². The van der Waals surface area contributed by atoms with Gasteiger partial charge in [-0.1, -0.05) is 0 Å². The van der Waals surface area contributed by atoms with Crippen LogP contribution in [0.2, 0.25) is 0 Å². The minimum absolute atomic E-state index is 0.125. The highest BCUT2D eigenvalue weighted by atomic mass is 19.4. The predicted octanol–water partition coefficient (Wildman–Crippen LogP) is 3.31. The van der Waals surface area contributed by atoms with Crippen LogP contribution in [-0.2, 0) is 9.53 Å². The maximum absolute atomic E-state index is 12.4. The first-order valence-corrected chi connectivity index (χ1v) is 6.59. The summed E-state index contributed by atoms with van der Waals surface area (Å²) >= 11 is 0. The molecule has 0 heterocycles. The number of carbonyl (C=O) groups excluding carboxylic acids is 1. The molecule has 2 nitrogen and oxygen atoms in total. The topological polar surface area (TPSA) is 26.3 Å². The molecule has 4 aliphatic carbocycles. The summed E-state index contributed by atoms with van der Waals surface area (Å²) in [6.07, 6.45) is 0.0422. The summed E-state index contributed by atoms with van der Waals surface area (Å²) < 4.78 is 42.0. The van der Waals surface area contributed by atoms with Crippen LogP contribution >= 0.6 is 0 Å². The second-order valence-corrected chi connectivity index (χ2v) is 6.38. The molecule has 102 valence electrons. The second-order valence-electron chi connectivity index (χ2n) is 6.38. The molecule has 5 heteroatoms. The van der Waals surface area contributed by atoms with Gasteiger partial charge in [-0.3, -0.25) is 0 Å². The zero-order valence-corrected chi connectivity index (χ0v) is 10.3. The van der Waals surface area contributed by atoms with Crippen molar-refractivity contribution >= 4 is 5.97 Å². The Balaban J connectivity index is 1.80. The lowest BCUT2D eigenvalue weighted by atomic mass is 9.50. The average Bonchev–Trinajstić information content (AvgIpc) is 2.23. The summed E-state index contributed by atoms with van der Waals surface area (Å²) in [7, 11) is 0. The van der Waals surface area contributed by atoms with Gasteiger partial charge >= 0.3 is 12.1 Å². The summed E-state index contributed by atoms with van der Waals surface area (Å²) in [4.78, 5) is 11.1. The van der Waals surface area contributed by atoms with Crippen molar-refractivity contribution in [2.75, 3.05) is 0 Å². The monoisotopic (exact) mass is 262 g/mol. The van der Waals surface area contributed by atoms with E-state index < -0.39 is 17.7 Å². The number of esters is 1. The second kappa shape index (κ2) is 3.64. The van der Waals surface area contributed by atoms with E-state index in [0.717, 1.165) is 25.7 Å². The first kappa shape index (κ1) is 12.3. The van der Waals surface area contributed by atoms with Crippen LogP contribution in [0.4, 0.5) is 13.2 Å². The molecular weight excluding hydrogens is 245 g/mol. The minimum atomic E-state index is -4.88. The Morgan fingerprint density at radius 2 is 1.50 bits per heavy atom. The Morgan fingerprint density at radius 3 is 1.89 bits per heavy atom. The molecule has 0 aromatic heterocycles. The van der Waals surface area contributed by atoms with Crippen molar-refractivity contribution in [3.63, 3.8) is 0 Å². The summed E-state index contributed by atoms with van der Waals surface area (Å²) in [5, 5.41) is 0. The van der Waals surface area contributed by atoms with Crippen LogP contribution in [0.15, 0.2) is 0 Å². The van der Waals surface area contributed by atoms with E-state index >= 15 is 0 Å². The molecule has 0 radical (unpaired) electrons. The van der Waals surface area contributed by atoms with Crippen LogP contribution in [0.1, 0.15) is 39.0 Å². The van der Waals surface area contributed by atoms with E-state index in [9.17, 15) is 18.0 Å². The molecule has 0 spiro atoms. The Kier molecular flexibility index (Phi) is 2.49. The SMILES string of the molecule is CC1(OC(=O)C(F)(F)F)C2CC3CC(C2)CC1C3. The third-order valence-corrected chi connectivity index (χ3v) is 5.30. The summed E-state index contributed by atoms with van der Waals surface area (Å²) in [6, 6.07) is 0. The lowest BCUT2D eigenvalue weighted by Crippen LogP contribution is -2.58. The fourth-order valence-corrected chi connectivity index (χ4v) is 4.54. The van der Waals surface area contributed by atoms with Gasteiger partial charge in [0.2, 0.25) is 0 Å². The molecule has 0 aromatic rings. The van der Waals surface area contributed by atoms with Crippen molar-refractivity contribution in [3.05, 3.63) is 0 Å². The lowest BCUT2D eigenvalue weighted by Gasteiger charge is -2.59. The molecule has 0 atom stereocenters. The van der Waals surface area contributed by atoms with Crippen molar-refractivity contribution in [1.29, 1.82) is 0 Å². The molecule has 4 bridgehead atoms. The molecule has 0 unspecified atom stereocenters. The van der Waals surface area contributed by atoms with Gasteiger partial charge in [0.25, 0.3) is 0 Å². The quantitative estimate of drug-likeness (QED) is 0.678. The van der Waals surface area contributed by atoms with E-state index in [-0.39, 0.29) is 11.8 Å². The molecule has 0 aromatic carbocycles. The van der Waals surface area contributed by atoms with Gasteiger partial charge in [-0.15, -0.1) is 0 Å². The molecule has 4 aliphatic rings. The van der Waals surface area contributed by atoms with E-state index in [2.05, 4.69) is 0 Å². The maximum Gasteiger partial charge on any atom is 0.490 e. The zero-order valence-electron chi connectivity index (χ0n) is 10.3. The van der Waals surface area contributed by atoms with Gasteiger partial charge < -0.3 is 4.74 Å². The Bertz CT molecular complexity index is 347. The Labute approximate surface area is 104 Å². The summed E-state index contributed by atoms with van der Waals surface area (Å²) in [6.45, 7) is 1.71. The Hall–Kier alpha value is -0.740. The fourth-order valence-electron chi connectivity index (χ4n) is 4.54. The molecule has 0 amide bonds. The highest BCUT2D eigenvalue weighted by Gasteiger charge is 2.59. The van der Waals surface area contributed by atoms with Gasteiger partial charge in [0.1, 0.15) is 5.60 Å². The molecule has 0 saturated heterocycles. The lowest BCUT2D eigenvalue weighted by molar-refractivity contribution is -0.240. The molecule has 18 heavy (non-hydrogen) atoms. The first-order valence-electron chi connectivity index (χ1n) is 6.59. The van der Waals surface area contributed by atoms with Gasteiger partial charge in [-0.05, 0) is 62.7 Å². The number of alkyl halides is 3. The van der Waals surface area contributed by atoms with Crippen molar-refractivity contribution in [1.82, 2.24) is 0 Å². The predicted molar refractivity (Wildman–Crippen MR) is 57.6 cm³/mol. The largest absolute Gasteiger partial charge is 0.490 e. The normalized spacial score (nSPS) is 46.2. The number of ether oxygens (including phenoxy) is 1. The summed E-state index contributed by atoms with van der Waals surface area (Å²) in [5.74, 6) is -0.479. The standard InChI is InChI=1S/C13H17F3O2/c1-12(18-11(17)13(14,15)16)9-3-7-2-8(5-9)6-10(12)4-7/h7-10H,2-6H2,1H3. The molecule has 0 aliphatic heterocycles. The van der Waals surface area contributed by atoms with Crippen molar-refractivity contribution in [2.24, 2.45) is 23.7 Å². The first-order chi connectivity index (χ1) is 8.29. The molecule has 0 N–H and O–H groups in total. The number of carbonyl (C=O) groups is 1. The van der Waals surface area contributed by atoms with E-state index in [0.29, 0.717) is 11.8 Å². The molecule has 4 rings (SSSR count). The van der Waals surface area contributed by atoms with Gasteiger partial charge in [-0.25, -0.2) is 4.79 Å². The average molecular weight is 262 g/mol. The number of halogens is 3. The van der Waals surface area contributed by atoms with Gasteiger partial charge in [-0.2, -0.15) is 13.2 Å². The van der Waals surface area contributed by atoms with Crippen LogP contribution in [0, 0.1) is 23.7 Å². The van der Waals surface area contributed by atoms with Crippen molar-refractivity contribution in [3.8, 4) is 0 Å². The van der Waals surface area contributed by atoms with Crippen molar-refractivity contribution in [2.45, 2.75) is 50.8 Å². The third kappa shape index (κ3) is 1.74. The minimum Gasteiger partial charge on any atom is -0.452 e. The smallest absolute Gasteiger partial charge is 0.452 e. The molecule has 4 fully saturated rings. The third-order valence-electron chi connectivity index (χ3n) is 5.30. The van der Waals surface area contributed by atoms with Crippen LogP contribution in [0.3, 0.4) is 0 Å². The van der Waals surface area contributed by atoms with E-state index in [4.69, 9.17) is 4.74 Å².